The molecule has 0 spiro atoms. The maximum absolute atomic E-state index is 5.78. The minimum absolute atomic E-state index is 0.148. The Kier molecular flexibility index (Phi) is 2.92. The molecule has 1 unspecified atom stereocenters. The molecule has 0 saturated heterocycles. The highest BCUT2D eigenvalue weighted by molar-refractivity contribution is 6.29. The molecule has 1 atom stereocenters. The lowest BCUT2D eigenvalue weighted by molar-refractivity contribution is 0.562. The summed E-state index contributed by atoms with van der Waals surface area (Å²) in [7, 11) is 0. The van der Waals surface area contributed by atoms with Crippen LogP contribution in [-0.4, -0.2) is 4.98 Å². The number of anilines is 1. The van der Waals surface area contributed by atoms with E-state index in [1.54, 1.807) is 18.6 Å². The Labute approximate surface area is 93.1 Å². The van der Waals surface area contributed by atoms with Crippen molar-refractivity contribution < 1.29 is 4.42 Å². The second kappa shape index (κ2) is 4.36. The topological polar surface area (TPSA) is 38.1 Å². The van der Waals surface area contributed by atoms with Crippen LogP contribution in [0.4, 0.5) is 5.82 Å². The Hall–Kier alpha value is -1.48. The summed E-state index contributed by atoms with van der Waals surface area (Å²) >= 11 is 5.78. The van der Waals surface area contributed by atoms with Crippen LogP contribution in [0.3, 0.4) is 0 Å². The molecule has 2 rings (SSSR count). The molecule has 0 aromatic carbocycles. The van der Waals surface area contributed by atoms with E-state index in [1.165, 1.54) is 0 Å². The number of aromatic nitrogens is 1. The monoisotopic (exact) mass is 222 g/mol. The van der Waals surface area contributed by atoms with E-state index < -0.39 is 0 Å². The Bertz CT molecular complexity index is 428. The molecule has 0 aliphatic heterocycles. The first kappa shape index (κ1) is 10.1. The molecule has 0 fully saturated rings. The molecule has 0 amide bonds. The molecule has 78 valence electrons. The van der Waals surface area contributed by atoms with Crippen molar-refractivity contribution in [2.24, 2.45) is 0 Å². The van der Waals surface area contributed by atoms with Gasteiger partial charge in [0.1, 0.15) is 11.0 Å². The molecule has 0 aliphatic carbocycles. The second-order valence-corrected chi connectivity index (χ2v) is 3.66. The van der Waals surface area contributed by atoms with Crippen molar-refractivity contribution in [2.75, 3.05) is 5.32 Å². The molecule has 0 bridgehead atoms. The van der Waals surface area contributed by atoms with Gasteiger partial charge in [0.05, 0.1) is 18.6 Å². The highest BCUT2D eigenvalue weighted by Gasteiger charge is 2.06. The normalized spacial score (nSPS) is 12.4. The van der Waals surface area contributed by atoms with Crippen molar-refractivity contribution in [3.8, 4) is 0 Å². The minimum Gasteiger partial charge on any atom is -0.472 e. The molecule has 2 heterocycles. The van der Waals surface area contributed by atoms with Crippen LogP contribution in [0.2, 0.25) is 5.15 Å². The second-order valence-electron chi connectivity index (χ2n) is 3.27. The third kappa shape index (κ3) is 2.50. The maximum Gasteiger partial charge on any atom is 0.131 e. The number of nitrogens with zero attached hydrogens (tertiary/aromatic N) is 1. The van der Waals surface area contributed by atoms with E-state index in [9.17, 15) is 0 Å². The van der Waals surface area contributed by atoms with Gasteiger partial charge in [0.2, 0.25) is 0 Å². The van der Waals surface area contributed by atoms with Gasteiger partial charge >= 0.3 is 0 Å². The Balaban J connectivity index is 2.09. The fraction of sp³-hybridized carbons (Fsp3) is 0.182. The number of hydrogen-bond donors (Lipinski definition) is 1. The van der Waals surface area contributed by atoms with Crippen molar-refractivity contribution in [3.63, 3.8) is 0 Å². The summed E-state index contributed by atoms with van der Waals surface area (Å²) in [6, 6.07) is 7.55. The lowest BCUT2D eigenvalue weighted by Crippen LogP contribution is -2.06. The molecule has 0 saturated carbocycles. The standard InChI is InChI=1S/C11H11ClN2O/c1-8(9-5-6-15-7-9)13-11-4-2-3-10(12)14-11/h2-8H,1H3,(H,13,14). The van der Waals surface area contributed by atoms with E-state index in [0.717, 1.165) is 11.4 Å². The molecular formula is C11H11ClN2O. The van der Waals surface area contributed by atoms with Crippen LogP contribution >= 0.6 is 11.6 Å². The molecule has 0 aliphatic rings. The Morgan fingerprint density at radius 1 is 1.40 bits per heavy atom. The summed E-state index contributed by atoms with van der Waals surface area (Å²) in [6.07, 6.45) is 3.36. The summed E-state index contributed by atoms with van der Waals surface area (Å²) in [6.45, 7) is 2.04. The van der Waals surface area contributed by atoms with Crippen molar-refractivity contribution in [2.45, 2.75) is 13.0 Å². The highest BCUT2D eigenvalue weighted by atomic mass is 35.5. The SMILES string of the molecule is CC(Nc1cccc(Cl)n1)c1ccoc1. The maximum atomic E-state index is 5.78. The first-order valence-corrected chi connectivity index (χ1v) is 5.04. The van der Waals surface area contributed by atoms with Gasteiger partial charge in [-0.2, -0.15) is 0 Å². The van der Waals surface area contributed by atoms with E-state index >= 15 is 0 Å². The van der Waals surface area contributed by atoms with Gasteiger partial charge in [-0.3, -0.25) is 0 Å². The average molecular weight is 223 g/mol. The van der Waals surface area contributed by atoms with E-state index in [0.29, 0.717) is 5.15 Å². The van der Waals surface area contributed by atoms with Gasteiger partial charge in [-0.1, -0.05) is 17.7 Å². The fourth-order valence-electron chi connectivity index (χ4n) is 1.32. The molecule has 2 aromatic heterocycles. The zero-order valence-electron chi connectivity index (χ0n) is 8.27. The van der Waals surface area contributed by atoms with Crippen LogP contribution in [0.1, 0.15) is 18.5 Å². The van der Waals surface area contributed by atoms with Crippen molar-refractivity contribution in [1.29, 1.82) is 0 Å². The van der Waals surface area contributed by atoms with Gasteiger partial charge in [-0.05, 0) is 25.1 Å². The number of hydrogen-bond acceptors (Lipinski definition) is 3. The average Bonchev–Trinajstić information content (AvgIpc) is 2.70. The quantitative estimate of drug-likeness (QED) is 0.808. The minimum atomic E-state index is 0.148. The van der Waals surface area contributed by atoms with Crippen LogP contribution in [0.5, 0.6) is 0 Å². The van der Waals surface area contributed by atoms with Crippen LogP contribution in [0.15, 0.2) is 41.2 Å². The van der Waals surface area contributed by atoms with Gasteiger partial charge in [-0.25, -0.2) is 4.98 Å². The largest absolute Gasteiger partial charge is 0.472 e. The van der Waals surface area contributed by atoms with E-state index in [1.807, 2.05) is 25.1 Å². The molecule has 4 heteroatoms. The fourth-order valence-corrected chi connectivity index (χ4v) is 1.48. The number of rotatable bonds is 3. The van der Waals surface area contributed by atoms with Gasteiger partial charge in [0.15, 0.2) is 0 Å². The van der Waals surface area contributed by atoms with Crippen molar-refractivity contribution >= 4 is 17.4 Å². The molecule has 2 aromatic rings. The molecule has 1 N–H and O–H groups in total. The number of nitrogens with one attached hydrogen (secondary N) is 1. The summed E-state index contributed by atoms with van der Waals surface area (Å²) in [5.41, 5.74) is 1.08. The first-order valence-electron chi connectivity index (χ1n) is 4.67. The van der Waals surface area contributed by atoms with Gasteiger partial charge in [-0.15, -0.1) is 0 Å². The van der Waals surface area contributed by atoms with Crippen LogP contribution < -0.4 is 5.32 Å². The van der Waals surface area contributed by atoms with Gasteiger partial charge in [0.25, 0.3) is 0 Å². The third-order valence-electron chi connectivity index (χ3n) is 2.12. The lowest BCUT2D eigenvalue weighted by atomic mass is 10.2. The number of furan rings is 1. The smallest absolute Gasteiger partial charge is 0.131 e. The van der Waals surface area contributed by atoms with E-state index in [-0.39, 0.29) is 6.04 Å². The van der Waals surface area contributed by atoms with Crippen LogP contribution in [0, 0.1) is 0 Å². The Morgan fingerprint density at radius 2 is 2.27 bits per heavy atom. The zero-order chi connectivity index (χ0) is 10.7. The molecule has 15 heavy (non-hydrogen) atoms. The van der Waals surface area contributed by atoms with E-state index in [4.69, 9.17) is 16.0 Å². The molecular weight excluding hydrogens is 212 g/mol. The summed E-state index contributed by atoms with van der Waals surface area (Å²) in [5, 5.41) is 3.72. The Morgan fingerprint density at radius 3 is 2.93 bits per heavy atom. The lowest BCUT2D eigenvalue weighted by Gasteiger charge is -2.12. The van der Waals surface area contributed by atoms with E-state index in [2.05, 4.69) is 10.3 Å². The van der Waals surface area contributed by atoms with Crippen molar-refractivity contribution in [3.05, 3.63) is 47.5 Å². The molecule has 0 radical (unpaired) electrons. The predicted octanol–water partition coefficient (Wildman–Crippen LogP) is 3.50. The number of halogens is 1. The van der Waals surface area contributed by atoms with Crippen LogP contribution in [0.25, 0.3) is 0 Å². The first-order chi connectivity index (χ1) is 7.25. The third-order valence-corrected chi connectivity index (χ3v) is 2.33. The van der Waals surface area contributed by atoms with Gasteiger partial charge in [0, 0.05) is 5.56 Å². The highest BCUT2D eigenvalue weighted by Crippen LogP contribution is 2.18. The number of pyridine rings is 1. The van der Waals surface area contributed by atoms with Crippen molar-refractivity contribution in [1.82, 2.24) is 4.98 Å². The predicted molar refractivity (Wildman–Crippen MR) is 60.0 cm³/mol. The summed E-state index contributed by atoms with van der Waals surface area (Å²) in [4.78, 5) is 4.15. The van der Waals surface area contributed by atoms with Gasteiger partial charge < -0.3 is 9.73 Å². The summed E-state index contributed by atoms with van der Waals surface area (Å²) in [5.74, 6) is 0.760. The zero-order valence-corrected chi connectivity index (χ0v) is 9.03. The van der Waals surface area contributed by atoms with Crippen LogP contribution in [-0.2, 0) is 0 Å². The summed E-state index contributed by atoms with van der Waals surface area (Å²) < 4.78 is 5.01. The molecule has 3 nitrogen and oxygen atoms in total.